The highest BCUT2D eigenvalue weighted by Crippen LogP contribution is 2.78. The van der Waals surface area contributed by atoms with E-state index in [-0.39, 0.29) is 52.0 Å². The number of hydrogen-bond acceptors (Lipinski definition) is 6. The molecule has 0 aromatic carbocycles. The lowest BCUT2D eigenvalue weighted by molar-refractivity contribution is -0.250. The van der Waals surface area contributed by atoms with Crippen molar-refractivity contribution in [2.45, 2.75) is 164 Å². The summed E-state index contributed by atoms with van der Waals surface area (Å²) < 4.78 is 11.9. The Morgan fingerprint density at radius 3 is 2.15 bits per heavy atom. The maximum atomic E-state index is 14.4. The summed E-state index contributed by atoms with van der Waals surface area (Å²) in [5.74, 6) is 1.97. The molecule has 0 spiro atoms. The highest BCUT2D eigenvalue weighted by atomic mass is 16.5. The predicted molar refractivity (Wildman–Crippen MR) is 216 cm³/mol. The molecule has 0 aromatic rings. The van der Waals surface area contributed by atoms with Crippen molar-refractivity contribution in [2.75, 3.05) is 39.4 Å². The fraction of sp³-hybridized carbons (Fsp3) is 0.894. The van der Waals surface area contributed by atoms with Crippen LogP contribution < -0.4 is 0 Å². The van der Waals surface area contributed by atoms with Crippen LogP contribution in [-0.2, 0) is 23.9 Å². The van der Waals surface area contributed by atoms with Crippen molar-refractivity contribution < 1.29 is 29.0 Å². The Morgan fingerprint density at radius 1 is 0.800 bits per heavy atom. The van der Waals surface area contributed by atoms with Crippen LogP contribution in [0.4, 0.5) is 0 Å². The Balaban J connectivity index is 1.07. The zero-order valence-corrected chi connectivity index (χ0v) is 36.0. The van der Waals surface area contributed by atoms with Crippen LogP contribution >= 0.6 is 0 Å². The van der Waals surface area contributed by atoms with Crippen molar-refractivity contribution in [1.29, 1.82) is 0 Å². The second-order valence-electron chi connectivity index (χ2n) is 22.2. The minimum Gasteiger partial charge on any atom is -0.481 e. The van der Waals surface area contributed by atoms with E-state index in [2.05, 4.69) is 57.9 Å². The van der Waals surface area contributed by atoms with Crippen molar-refractivity contribution in [3.05, 3.63) is 12.2 Å². The van der Waals surface area contributed by atoms with Gasteiger partial charge in [-0.15, -0.1) is 0 Å². The third kappa shape index (κ3) is 7.05. The largest absolute Gasteiger partial charge is 0.481 e. The zero-order chi connectivity index (χ0) is 39.8. The molecule has 55 heavy (non-hydrogen) atoms. The molecule has 310 valence electrons. The van der Waals surface area contributed by atoms with Gasteiger partial charge in [0.05, 0.1) is 26.1 Å². The molecule has 0 bridgehead atoms. The molecular formula is C47H76N2O6. The number of piperidine rings is 1. The second-order valence-corrected chi connectivity index (χ2v) is 22.2. The number of esters is 1. The molecule has 1 N–H and O–H groups in total. The Hall–Kier alpha value is -1.93. The summed E-state index contributed by atoms with van der Waals surface area (Å²) in [6, 6.07) is 0.583. The molecule has 7 rings (SSSR count). The summed E-state index contributed by atoms with van der Waals surface area (Å²) >= 11 is 0. The van der Waals surface area contributed by atoms with E-state index >= 15 is 0 Å². The number of likely N-dealkylation sites (tertiary alicyclic amines) is 1. The normalized spacial score (nSPS) is 42.0. The quantitative estimate of drug-likeness (QED) is 0.185. The summed E-state index contributed by atoms with van der Waals surface area (Å²) in [5, 5.41) is 9.38. The van der Waals surface area contributed by atoms with E-state index in [0.717, 1.165) is 84.3 Å². The average molecular weight is 765 g/mol. The molecule has 8 heteroatoms. The van der Waals surface area contributed by atoms with Gasteiger partial charge >= 0.3 is 11.9 Å². The van der Waals surface area contributed by atoms with Gasteiger partial charge in [-0.1, -0.05) is 60.6 Å². The number of carbonyl (C=O) groups excluding carboxylic acids is 2. The fourth-order valence-corrected chi connectivity index (χ4v) is 15.7. The van der Waals surface area contributed by atoms with E-state index in [9.17, 15) is 19.5 Å². The van der Waals surface area contributed by atoms with E-state index in [0.29, 0.717) is 41.5 Å². The van der Waals surface area contributed by atoms with E-state index in [4.69, 9.17) is 9.47 Å². The highest BCUT2D eigenvalue weighted by molar-refractivity contribution is 5.77. The molecule has 8 nitrogen and oxygen atoms in total. The van der Waals surface area contributed by atoms with E-state index < -0.39 is 11.4 Å². The van der Waals surface area contributed by atoms with Crippen LogP contribution in [0.15, 0.2) is 12.2 Å². The van der Waals surface area contributed by atoms with Crippen molar-refractivity contribution >= 4 is 17.8 Å². The SMILES string of the molecule is C=C(C)[C@@H]1CC[C@]2(CC(=O)N3CCC(N4CCOCC4)CC3)CC[C@]3(C)[C@H](CC[C@@H]4[C@@]5(C)CC[C@H](OC(=O)CC(C)(C)CC(=O)O)C(C)(C)C5CC[C@]43C)[C@@H]12. The number of aliphatic carboxylic acids is 1. The number of morpholine rings is 1. The first kappa shape index (κ1) is 41.2. The van der Waals surface area contributed by atoms with Crippen molar-refractivity contribution in [2.24, 2.45) is 62.1 Å². The van der Waals surface area contributed by atoms with Crippen LogP contribution in [0.1, 0.15) is 152 Å². The molecule has 2 heterocycles. The van der Waals surface area contributed by atoms with Crippen molar-refractivity contribution in [3.8, 4) is 0 Å². The molecular weight excluding hydrogens is 689 g/mol. The summed E-state index contributed by atoms with van der Waals surface area (Å²) in [7, 11) is 0. The molecule has 5 saturated carbocycles. The van der Waals surface area contributed by atoms with Crippen LogP contribution in [0.25, 0.3) is 0 Å². The van der Waals surface area contributed by atoms with Gasteiger partial charge in [0, 0.05) is 44.1 Å². The third-order valence-electron chi connectivity index (χ3n) is 18.6. The smallest absolute Gasteiger partial charge is 0.306 e. The zero-order valence-electron chi connectivity index (χ0n) is 36.0. The lowest BCUT2D eigenvalue weighted by Crippen LogP contribution is -2.67. The van der Waals surface area contributed by atoms with Gasteiger partial charge in [0.2, 0.25) is 5.91 Å². The number of allylic oxidation sites excluding steroid dienone is 1. The monoisotopic (exact) mass is 765 g/mol. The van der Waals surface area contributed by atoms with Crippen LogP contribution in [0.5, 0.6) is 0 Å². The first-order chi connectivity index (χ1) is 25.8. The number of fused-ring (bicyclic) bond motifs is 7. The van der Waals surface area contributed by atoms with E-state index in [1.165, 1.54) is 44.1 Å². The van der Waals surface area contributed by atoms with Gasteiger partial charge in [0.15, 0.2) is 0 Å². The standard InChI is InChI=1S/C47H76N2O6/c1-31(2)33-12-19-47(28-38(50)49-22-15-32(16-23-49)48-24-26-54-27-25-48)21-20-45(8)34(41(33)47)10-11-36-44(7)17-14-37(43(5,6)35(44)13-18-46(36,45)9)55-40(53)30-42(3,4)29-39(51)52/h32-37,41H,1,10-30H2,2-9H3,(H,51,52)/t33-,34+,35?,36+,37-,41+,44-,45+,46+,47+/m0/s1. The Kier molecular flexibility index (Phi) is 11.0. The highest BCUT2D eigenvalue weighted by Gasteiger charge is 2.71. The van der Waals surface area contributed by atoms with Crippen molar-refractivity contribution in [3.63, 3.8) is 0 Å². The molecule has 0 radical (unpaired) electrons. The van der Waals surface area contributed by atoms with Crippen LogP contribution in [0.2, 0.25) is 0 Å². The van der Waals surface area contributed by atoms with Crippen molar-refractivity contribution in [1.82, 2.24) is 9.80 Å². The molecule has 1 unspecified atom stereocenters. The Labute approximate surface area is 333 Å². The van der Waals surface area contributed by atoms with Gasteiger partial charge in [0.1, 0.15) is 6.10 Å². The number of carbonyl (C=O) groups is 3. The molecule has 1 amide bonds. The summed E-state index contributed by atoms with van der Waals surface area (Å²) in [5.41, 5.74) is 1.20. The number of carboxylic acids is 1. The average Bonchev–Trinajstić information content (AvgIpc) is 3.49. The number of hydrogen-bond donors (Lipinski definition) is 1. The van der Waals surface area contributed by atoms with Gasteiger partial charge < -0.3 is 19.5 Å². The van der Waals surface area contributed by atoms with Gasteiger partial charge in [-0.3, -0.25) is 19.3 Å². The lowest BCUT2D eigenvalue weighted by Gasteiger charge is -2.73. The molecule has 7 aliphatic rings. The molecule has 2 aliphatic heterocycles. The van der Waals surface area contributed by atoms with Crippen LogP contribution in [0.3, 0.4) is 0 Å². The van der Waals surface area contributed by atoms with E-state index in [1.54, 1.807) is 0 Å². The van der Waals surface area contributed by atoms with Gasteiger partial charge in [0.25, 0.3) is 0 Å². The number of ether oxygens (including phenoxy) is 2. The third-order valence-corrected chi connectivity index (χ3v) is 18.6. The minimum atomic E-state index is -0.879. The first-order valence-electron chi connectivity index (χ1n) is 22.4. The molecule has 5 aliphatic carbocycles. The minimum absolute atomic E-state index is 0.0448. The lowest BCUT2D eigenvalue weighted by atomic mass is 9.32. The number of amides is 1. The number of rotatable bonds is 9. The molecule has 10 atom stereocenters. The van der Waals surface area contributed by atoms with Gasteiger partial charge in [-0.2, -0.15) is 0 Å². The maximum absolute atomic E-state index is 14.4. The summed E-state index contributed by atoms with van der Waals surface area (Å²) in [6.07, 6.45) is 14.3. The number of nitrogens with zero attached hydrogens (tertiary/aromatic N) is 2. The Bertz CT molecular complexity index is 1490. The van der Waals surface area contributed by atoms with Gasteiger partial charge in [-0.25, -0.2) is 0 Å². The van der Waals surface area contributed by atoms with E-state index in [1.807, 2.05) is 13.8 Å². The molecule has 2 saturated heterocycles. The Morgan fingerprint density at radius 2 is 1.49 bits per heavy atom. The second kappa shape index (κ2) is 14.7. The van der Waals surface area contributed by atoms with Crippen LogP contribution in [-0.4, -0.2) is 84.3 Å². The number of carboxylic acid groups (broad SMARTS) is 1. The first-order valence-corrected chi connectivity index (χ1v) is 22.4. The fourth-order valence-electron chi connectivity index (χ4n) is 15.7. The molecule has 7 fully saturated rings. The molecule has 0 aromatic heterocycles. The topological polar surface area (TPSA) is 96.4 Å². The maximum Gasteiger partial charge on any atom is 0.306 e. The van der Waals surface area contributed by atoms with Gasteiger partial charge in [-0.05, 0) is 141 Å². The predicted octanol–water partition coefficient (Wildman–Crippen LogP) is 9.16. The summed E-state index contributed by atoms with van der Waals surface area (Å²) in [4.78, 5) is 43.9. The van der Waals surface area contributed by atoms with Crippen LogP contribution in [0, 0.1) is 62.1 Å². The summed E-state index contributed by atoms with van der Waals surface area (Å²) in [6.45, 7) is 28.7.